The first-order chi connectivity index (χ1) is 15.2. The summed E-state index contributed by atoms with van der Waals surface area (Å²) in [4.78, 5) is 18.5. The lowest BCUT2D eigenvalue weighted by molar-refractivity contribution is -0.141. The third-order valence-electron chi connectivity index (χ3n) is 4.82. The fraction of sp³-hybridized carbons (Fsp3) is 0.350. The first-order valence-corrected chi connectivity index (χ1v) is 9.73. The zero-order valence-electron chi connectivity index (χ0n) is 16.6. The monoisotopic (exact) mass is 455 g/mol. The van der Waals surface area contributed by atoms with Gasteiger partial charge in [-0.25, -0.2) is 8.78 Å². The summed E-state index contributed by atoms with van der Waals surface area (Å²) < 4.78 is 72.4. The van der Waals surface area contributed by atoms with Crippen LogP contribution in [-0.4, -0.2) is 58.1 Å². The van der Waals surface area contributed by atoms with Crippen molar-refractivity contribution in [2.75, 3.05) is 31.6 Å². The number of amides is 1. The topological polar surface area (TPSA) is 72.3 Å². The molecule has 0 aliphatic carbocycles. The van der Waals surface area contributed by atoms with Gasteiger partial charge < -0.3 is 15.0 Å². The number of anilines is 2. The first kappa shape index (κ1) is 21.9. The number of carbonyl (C=O) groups excluding carboxylic acids is 1. The molecule has 170 valence electrons. The van der Waals surface area contributed by atoms with Crippen molar-refractivity contribution in [3.63, 3.8) is 0 Å². The van der Waals surface area contributed by atoms with Crippen LogP contribution in [0, 0.1) is 11.6 Å². The van der Waals surface area contributed by atoms with Crippen LogP contribution in [0.2, 0.25) is 0 Å². The minimum atomic E-state index is -4.59. The lowest BCUT2D eigenvalue weighted by Crippen LogP contribution is -2.33. The van der Waals surface area contributed by atoms with Gasteiger partial charge in [-0.2, -0.15) is 18.3 Å². The van der Waals surface area contributed by atoms with Gasteiger partial charge in [0.05, 0.1) is 17.5 Å². The van der Waals surface area contributed by atoms with Gasteiger partial charge in [0.2, 0.25) is 0 Å². The number of rotatable bonds is 4. The van der Waals surface area contributed by atoms with Crippen molar-refractivity contribution in [1.82, 2.24) is 19.7 Å². The number of aromatic nitrogens is 3. The lowest BCUT2D eigenvalue weighted by Gasteiger charge is -2.19. The predicted molar refractivity (Wildman–Crippen MR) is 105 cm³/mol. The Hall–Kier alpha value is -3.28. The molecule has 2 aromatic heterocycles. The summed E-state index contributed by atoms with van der Waals surface area (Å²) in [7, 11) is 0. The molecule has 12 heteroatoms. The number of alkyl halides is 3. The molecule has 1 fully saturated rings. The molecule has 0 unspecified atom stereocenters. The maximum absolute atomic E-state index is 13.5. The molecular weight excluding hydrogens is 437 g/mol. The van der Waals surface area contributed by atoms with E-state index in [1.165, 1.54) is 17.2 Å². The number of hydrogen-bond donors (Lipinski definition) is 1. The Labute approximate surface area is 178 Å². The molecule has 0 spiro atoms. The van der Waals surface area contributed by atoms with Gasteiger partial charge in [0.1, 0.15) is 23.9 Å². The molecule has 1 amide bonds. The van der Waals surface area contributed by atoms with Gasteiger partial charge in [-0.3, -0.25) is 14.5 Å². The fourth-order valence-corrected chi connectivity index (χ4v) is 3.44. The van der Waals surface area contributed by atoms with Crippen molar-refractivity contribution >= 4 is 28.3 Å². The molecule has 4 rings (SSSR count). The number of hydrogen-bond acceptors (Lipinski definition) is 5. The molecule has 0 atom stereocenters. The van der Waals surface area contributed by atoms with Gasteiger partial charge in [0, 0.05) is 37.6 Å². The SMILES string of the molecule is O=C(c1cc2c(cn1)c(Nc1cc(F)cc(F)c1)nn2CC(F)(F)F)N1CCCOCC1. The Bertz CT molecular complexity index is 1120. The minimum Gasteiger partial charge on any atom is -0.380 e. The maximum atomic E-state index is 13.5. The van der Waals surface area contributed by atoms with Gasteiger partial charge in [0.15, 0.2) is 5.82 Å². The molecule has 1 saturated heterocycles. The van der Waals surface area contributed by atoms with Crippen LogP contribution in [-0.2, 0) is 11.3 Å². The second-order valence-corrected chi connectivity index (χ2v) is 7.25. The largest absolute Gasteiger partial charge is 0.408 e. The highest BCUT2D eigenvalue weighted by Gasteiger charge is 2.30. The fourth-order valence-electron chi connectivity index (χ4n) is 3.44. The Balaban J connectivity index is 1.73. The van der Waals surface area contributed by atoms with Gasteiger partial charge in [-0.05, 0) is 24.6 Å². The van der Waals surface area contributed by atoms with Crippen LogP contribution in [0.25, 0.3) is 10.9 Å². The van der Waals surface area contributed by atoms with E-state index in [2.05, 4.69) is 15.4 Å². The summed E-state index contributed by atoms with van der Waals surface area (Å²) >= 11 is 0. The van der Waals surface area contributed by atoms with Crippen molar-refractivity contribution in [3.05, 3.63) is 47.8 Å². The van der Waals surface area contributed by atoms with Crippen LogP contribution >= 0.6 is 0 Å². The van der Waals surface area contributed by atoms with Crippen LogP contribution in [0.5, 0.6) is 0 Å². The van der Waals surface area contributed by atoms with E-state index in [0.717, 1.165) is 12.1 Å². The number of nitrogens with one attached hydrogen (secondary N) is 1. The molecule has 3 aromatic rings. The molecule has 0 radical (unpaired) electrons. The van der Waals surface area contributed by atoms with Crippen molar-refractivity contribution in [1.29, 1.82) is 0 Å². The summed E-state index contributed by atoms with van der Waals surface area (Å²) in [5.74, 6) is -2.24. The van der Waals surface area contributed by atoms with Crippen molar-refractivity contribution in [2.45, 2.75) is 19.1 Å². The smallest absolute Gasteiger partial charge is 0.380 e. The average Bonchev–Trinajstić information content (AvgIpc) is 2.88. The maximum Gasteiger partial charge on any atom is 0.408 e. The number of nitrogens with zero attached hydrogens (tertiary/aromatic N) is 4. The molecule has 1 aromatic carbocycles. The second-order valence-electron chi connectivity index (χ2n) is 7.25. The number of carbonyl (C=O) groups is 1. The quantitative estimate of drug-likeness (QED) is 0.605. The predicted octanol–water partition coefficient (Wildman–Crippen LogP) is 3.88. The number of ether oxygens (including phenoxy) is 1. The number of benzene rings is 1. The second kappa shape index (κ2) is 8.69. The van der Waals surface area contributed by atoms with E-state index in [0.29, 0.717) is 43.5 Å². The zero-order chi connectivity index (χ0) is 22.9. The molecular formula is C20H18F5N5O2. The number of fused-ring (bicyclic) bond motifs is 1. The van der Waals surface area contributed by atoms with E-state index in [-0.39, 0.29) is 28.1 Å². The van der Waals surface area contributed by atoms with E-state index in [1.807, 2.05) is 0 Å². The molecule has 0 bridgehead atoms. The van der Waals surface area contributed by atoms with Crippen LogP contribution < -0.4 is 5.32 Å². The molecule has 1 aliphatic rings. The molecule has 1 N–H and O–H groups in total. The van der Waals surface area contributed by atoms with Gasteiger partial charge >= 0.3 is 6.18 Å². The third kappa shape index (κ3) is 4.96. The Morgan fingerprint density at radius 3 is 2.56 bits per heavy atom. The van der Waals surface area contributed by atoms with Crippen molar-refractivity contribution in [3.8, 4) is 0 Å². The van der Waals surface area contributed by atoms with Gasteiger partial charge in [0.25, 0.3) is 5.91 Å². The average molecular weight is 455 g/mol. The van der Waals surface area contributed by atoms with Crippen LogP contribution in [0.4, 0.5) is 33.5 Å². The van der Waals surface area contributed by atoms with Gasteiger partial charge in [-0.1, -0.05) is 0 Å². The molecule has 0 saturated carbocycles. The number of halogens is 5. The molecule has 3 heterocycles. The summed E-state index contributed by atoms with van der Waals surface area (Å²) in [6.45, 7) is 0.247. The zero-order valence-corrected chi connectivity index (χ0v) is 16.6. The van der Waals surface area contributed by atoms with E-state index in [4.69, 9.17) is 4.74 Å². The first-order valence-electron chi connectivity index (χ1n) is 9.73. The summed E-state index contributed by atoms with van der Waals surface area (Å²) in [6.07, 6.45) is -2.73. The number of pyridine rings is 1. The highest BCUT2D eigenvalue weighted by molar-refractivity contribution is 5.98. The normalized spacial score (nSPS) is 15.1. The van der Waals surface area contributed by atoms with Crippen LogP contribution in [0.15, 0.2) is 30.5 Å². The van der Waals surface area contributed by atoms with Crippen molar-refractivity contribution in [2.24, 2.45) is 0 Å². The Morgan fingerprint density at radius 1 is 1.09 bits per heavy atom. The minimum absolute atomic E-state index is 0.00567. The molecule has 7 nitrogen and oxygen atoms in total. The standard InChI is InChI=1S/C20H18F5N5O2/c21-12-6-13(22)8-14(7-12)27-18-15-10-26-16(19(31)29-2-1-4-32-5-3-29)9-17(15)30(28-18)11-20(23,24)25/h6-10H,1-5,11H2,(H,27,28). The third-order valence-corrected chi connectivity index (χ3v) is 4.82. The van der Waals surface area contributed by atoms with E-state index < -0.39 is 30.3 Å². The molecule has 32 heavy (non-hydrogen) atoms. The highest BCUT2D eigenvalue weighted by atomic mass is 19.4. The van der Waals surface area contributed by atoms with E-state index >= 15 is 0 Å². The van der Waals surface area contributed by atoms with Gasteiger partial charge in [-0.15, -0.1) is 0 Å². The highest BCUT2D eigenvalue weighted by Crippen LogP contribution is 2.29. The summed E-state index contributed by atoms with van der Waals surface area (Å²) in [6, 6.07) is 3.85. The summed E-state index contributed by atoms with van der Waals surface area (Å²) in [5, 5.41) is 6.70. The summed E-state index contributed by atoms with van der Waals surface area (Å²) in [5.41, 5.74) is -0.0667. The lowest BCUT2D eigenvalue weighted by atomic mass is 10.2. The Kier molecular flexibility index (Phi) is 5.96. The van der Waals surface area contributed by atoms with Crippen LogP contribution in [0.3, 0.4) is 0 Å². The van der Waals surface area contributed by atoms with Crippen LogP contribution in [0.1, 0.15) is 16.9 Å². The van der Waals surface area contributed by atoms with E-state index in [1.54, 1.807) is 0 Å². The Morgan fingerprint density at radius 2 is 1.84 bits per heavy atom. The van der Waals surface area contributed by atoms with Crippen molar-refractivity contribution < 1.29 is 31.5 Å². The molecule has 1 aliphatic heterocycles. The van der Waals surface area contributed by atoms with E-state index in [9.17, 15) is 26.7 Å².